The molecule has 0 aromatic heterocycles. The third-order valence-electron chi connectivity index (χ3n) is 3.41. The Balaban J connectivity index is 1.98. The first kappa shape index (κ1) is 12.8. The van der Waals surface area contributed by atoms with Gasteiger partial charge >= 0.3 is 0 Å². The molecule has 1 unspecified atom stereocenters. The first-order valence-electron chi connectivity index (χ1n) is 6.29. The van der Waals surface area contributed by atoms with Crippen LogP contribution in [0.15, 0.2) is 18.2 Å². The smallest absolute Gasteiger partial charge is 0.126 e. The van der Waals surface area contributed by atoms with Crippen LogP contribution in [0.4, 0.5) is 4.39 Å². The molecule has 0 amide bonds. The lowest BCUT2D eigenvalue weighted by Gasteiger charge is -2.28. The van der Waals surface area contributed by atoms with Gasteiger partial charge in [0.1, 0.15) is 5.82 Å². The summed E-state index contributed by atoms with van der Waals surface area (Å²) in [5.74, 6) is -0.157. The molecule has 0 N–H and O–H groups in total. The molecule has 1 aliphatic rings. The van der Waals surface area contributed by atoms with Gasteiger partial charge in [-0.2, -0.15) is 0 Å². The van der Waals surface area contributed by atoms with Crippen molar-refractivity contribution in [2.75, 3.05) is 19.6 Å². The SMILES string of the molecule is Cc1cc(C(Cl)CN2CCCCC2)ccc1F. The summed E-state index contributed by atoms with van der Waals surface area (Å²) in [5, 5.41) is -0.0348. The first-order chi connectivity index (χ1) is 8.16. The lowest BCUT2D eigenvalue weighted by atomic mass is 10.1. The first-order valence-corrected chi connectivity index (χ1v) is 6.73. The van der Waals surface area contributed by atoms with Crippen LogP contribution in [0.5, 0.6) is 0 Å². The van der Waals surface area contributed by atoms with Gasteiger partial charge in [0.15, 0.2) is 0 Å². The second-order valence-electron chi connectivity index (χ2n) is 4.84. The molecule has 3 heteroatoms. The molecular formula is C14H19ClFN. The van der Waals surface area contributed by atoms with E-state index in [0.717, 1.165) is 25.2 Å². The van der Waals surface area contributed by atoms with E-state index < -0.39 is 0 Å². The zero-order valence-corrected chi connectivity index (χ0v) is 11.0. The minimum absolute atomic E-state index is 0.0348. The number of benzene rings is 1. The number of halogens is 2. The maximum absolute atomic E-state index is 13.2. The summed E-state index contributed by atoms with van der Waals surface area (Å²) in [7, 11) is 0. The molecule has 1 aliphatic heterocycles. The predicted octanol–water partition coefficient (Wildman–Crippen LogP) is 3.90. The van der Waals surface area contributed by atoms with Crippen LogP contribution >= 0.6 is 11.6 Å². The number of alkyl halides is 1. The molecule has 94 valence electrons. The molecule has 1 nitrogen and oxygen atoms in total. The van der Waals surface area contributed by atoms with Crippen LogP contribution in [0.3, 0.4) is 0 Å². The largest absolute Gasteiger partial charge is 0.302 e. The summed E-state index contributed by atoms with van der Waals surface area (Å²) in [6.07, 6.45) is 3.87. The molecule has 0 radical (unpaired) electrons. The molecule has 0 aliphatic carbocycles. The second kappa shape index (κ2) is 5.83. The van der Waals surface area contributed by atoms with E-state index in [4.69, 9.17) is 11.6 Å². The zero-order valence-electron chi connectivity index (χ0n) is 10.3. The molecule has 1 atom stereocenters. The Labute approximate surface area is 108 Å². The predicted molar refractivity (Wildman–Crippen MR) is 70.0 cm³/mol. The van der Waals surface area contributed by atoms with Crippen molar-refractivity contribution in [3.05, 3.63) is 35.1 Å². The number of rotatable bonds is 3. The molecular weight excluding hydrogens is 237 g/mol. The molecule has 1 fully saturated rings. The van der Waals surface area contributed by atoms with Crippen molar-refractivity contribution in [3.8, 4) is 0 Å². The average Bonchev–Trinajstić information content (AvgIpc) is 2.34. The molecule has 2 rings (SSSR count). The van der Waals surface area contributed by atoms with E-state index in [2.05, 4.69) is 4.90 Å². The molecule has 1 aromatic rings. The van der Waals surface area contributed by atoms with Crippen molar-refractivity contribution in [2.45, 2.75) is 31.6 Å². The summed E-state index contributed by atoms with van der Waals surface area (Å²) >= 11 is 6.40. The second-order valence-corrected chi connectivity index (χ2v) is 5.36. The molecule has 1 aromatic carbocycles. The van der Waals surface area contributed by atoms with E-state index in [-0.39, 0.29) is 11.2 Å². The van der Waals surface area contributed by atoms with Crippen molar-refractivity contribution in [1.82, 2.24) is 4.90 Å². The van der Waals surface area contributed by atoms with Gasteiger partial charge in [0.05, 0.1) is 5.38 Å². The minimum Gasteiger partial charge on any atom is -0.302 e. The van der Waals surface area contributed by atoms with Crippen LogP contribution < -0.4 is 0 Å². The number of hydrogen-bond acceptors (Lipinski definition) is 1. The van der Waals surface area contributed by atoms with Crippen LogP contribution in [-0.2, 0) is 0 Å². The van der Waals surface area contributed by atoms with Crippen molar-refractivity contribution >= 4 is 11.6 Å². The summed E-state index contributed by atoms with van der Waals surface area (Å²) in [4.78, 5) is 2.40. The van der Waals surface area contributed by atoms with Crippen LogP contribution in [-0.4, -0.2) is 24.5 Å². The Morgan fingerprint density at radius 2 is 2.00 bits per heavy atom. The monoisotopic (exact) mass is 255 g/mol. The maximum atomic E-state index is 13.2. The van der Waals surface area contributed by atoms with Crippen molar-refractivity contribution in [3.63, 3.8) is 0 Å². The third kappa shape index (κ3) is 3.43. The van der Waals surface area contributed by atoms with Gasteiger partial charge < -0.3 is 4.90 Å². The summed E-state index contributed by atoms with van der Waals surface area (Å²) in [6.45, 7) is 4.93. The van der Waals surface area contributed by atoms with E-state index >= 15 is 0 Å². The fourth-order valence-electron chi connectivity index (χ4n) is 2.34. The van der Waals surface area contributed by atoms with Gasteiger partial charge in [0.2, 0.25) is 0 Å². The van der Waals surface area contributed by atoms with Gasteiger partial charge in [-0.15, -0.1) is 11.6 Å². The van der Waals surface area contributed by atoms with Gasteiger partial charge in [-0.25, -0.2) is 4.39 Å². The molecule has 0 spiro atoms. The molecule has 0 bridgehead atoms. The van der Waals surface area contributed by atoms with E-state index in [1.54, 1.807) is 13.0 Å². The summed E-state index contributed by atoms with van der Waals surface area (Å²) in [5.41, 5.74) is 1.70. The highest BCUT2D eigenvalue weighted by atomic mass is 35.5. The van der Waals surface area contributed by atoms with Gasteiger partial charge in [-0.1, -0.05) is 18.6 Å². The van der Waals surface area contributed by atoms with Crippen molar-refractivity contribution < 1.29 is 4.39 Å². The molecule has 0 saturated carbocycles. The van der Waals surface area contributed by atoms with E-state index in [0.29, 0.717) is 5.56 Å². The Morgan fingerprint density at radius 3 is 2.65 bits per heavy atom. The number of piperidine rings is 1. The molecule has 1 saturated heterocycles. The number of nitrogens with zero attached hydrogens (tertiary/aromatic N) is 1. The zero-order chi connectivity index (χ0) is 12.3. The molecule has 1 heterocycles. The lowest BCUT2D eigenvalue weighted by molar-refractivity contribution is 0.229. The fraction of sp³-hybridized carbons (Fsp3) is 0.571. The van der Waals surface area contributed by atoms with Crippen molar-refractivity contribution in [1.29, 1.82) is 0 Å². The Kier molecular flexibility index (Phi) is 4.41. The van der Waals surface area contributed by atoms with E-state index in [9.17, 15) is 4.39 Å². The average molecular weight is 256 g/mol. The normalized spacial score (nSPS) is 19.2. The third-order valence-corrected chi connectivity index (χ3v) is 3.80. The quantitative estimate of drug-likeness (QED) is 0.741. The van der Waals surface area contributed by atoms with Crippen LogP contribution in [0.1, 0.15) is 35.8 Å². The van der Waals surface area contributed by atoms with Gasteiger partial charge in [0.25, 0.3) is 0 Å². The highest BCUT2D eigenvalue weighted by Crippen LogP contribution is 2.24. The Hall–Kier alpha value is -0.600. The maximum Gasteiger partial charge on any atom is 0.126 e. The molecule has 17 heavy (non-hydrogen) atoms. The van der Waals surface area contributed by atoms with Crippen LogP contribution in [0, 0.1) is 12.7 Å². The highest BCUT2D eigenvalue weighted by molar-refractivity contribution is 6.21. The fourth-order valence-corrected chi connectivity index (χ4v) is 2.67. The standard InChI is InChI=1S/C14H19ClFN/c1-11-9-12(5-6-14(11)16)13(15)10-17-7-3-2-4-8-17/h5-6,9,13H,2-4,7-8,10H2,1H3. The van der Waals surface area contributed by atoms with Crippen molar-refractivity contribution in [2.24, 2.45) is 0 Å². The lowest BCUT2D eigenvalue weighted by Crippen LogP contribution is -2.32. The van der Waals surface area contributed by atoms with E-state index in [1.807, 2.05) is 6.07 Å². The van der Waals surface area contributed by atoms with E-state index in [1.165, 1.54) is 25.3 Å². The van der Waals surface area contributed by atoms with Gasteiger partial charge in [0, 0.05) is 6.54 Å². The van der Waals surface area contributed by atoms with Gasteiger partial charge in [-0.05, 0) is 50.0 Å². The van der Waals surface area contributed by atoms with Crippen LogP contribution in [0.25, 0.3) is 0 Å². The number of likely N-dealkylation sites (tertiary alicyclic amines) is 1. The van der Waals surface area contributed by atoms with Gasteiger partial charge in [-0.3, -0.25) is 0 Å². The Morgan fingerprint density at radius 1 is 1.29 bits per heavy atom. The minimum atomic E-state index is -0.157. The number of aryl methyl sites for hydroxylation is 1. The highest BCUT2D eigenvalue weighted by Gasteiger charge is 2.16. The topological polar surface area (TPSA) is 3.24 Å². The van der Waals surface area contributed by atoms with Crippen LogP contribution in [0.2, 0.25) is 0 Å². The number of hydrogen-bond donors (Lipinski definition) is 0. The summed E-state index contributed by atoms with van der Waals surface area (Å²) in [6, 6.07) is 5.16. The summed E-state index contributed by atoms with van der Waals surface area (Å²) < 4.78 is 13.2. The Bertz CT molecular complexity index is 374.